The molecule has 0 saturated heterocycles. The molecule has 8 nitrogen and oxygen atoms in total. The minimum Gasteiger partial charge on any atom is -0.497 e. The number of carbonyl (C=O) groups excluding carboxylic acids is 1. The van der Waals surface area contributed by atoms with Gasteiger partial charge < -0.3 is 24.3 Å². The molecule has 1 aromatic heterocycles. The van der Waals surface area contributed by atoms with Crippen molar-refractivity contribution in [2.24, 2.45) is 0 Å². The van der Waals surface area contributed by atoms with Crippen LogP contribution >= 0.6 is 11.8 Å². The van der Waals surface area contributed by atoms with Gasteiger partial charge >= 0.3 is 0 Å². The highest BCUT2D eigenvalue weighted by Gasteiger charge is 2.17. The Hall–Kier alpha value is -3.64. The van der Waals surface area contributed by atoms with E-state index in [-0.39, 0.29) is 18.5 Å². The van der Waals surface area contributed by atoms with Gasteiger partial charge in [0.25, 0.3) is 0 Å². The number of hydrogen-bond acceptors (Lipinski definition) is 8. The van der Waals surface area contributed by atoms with E-state index in [9.17, 15) is 10.1 Å². The van der Waals surface area contributed by atoms with Crippen LogP contribution in [-0.2, 0) is 4.79 Å². The number of amides is 1. The quantitative estimate of drug-likeness (QED) is 0.600. The first kappa shape index (κ1) is 19.7. The van der Waals surface area contributed by atoms with E-state index in [0.717, 1.165) is 5.39 Å². The molecule has 0 radical (unpaired) electrons. The van der Waals surface area contributed by atoms with E-state index in [4.69, 9.17) is 18.9 Å². The third-order valence-electron chi connectivity index (χ3n) is 4.42. The molecule has 30 heavy (non-hydrogen) atoms. The Labute approximate surface area is 176 Å². The Morgan fingerprint density at radius 1 is 1.20 bits per heavy atom. The average Bonchev–Trinajstić information content (AvgIpc) is 3.22. The summed E-state index contributed by atoms with van der Waals surface area (Å²) in [5, 5.41) is 13.5. The molecule has 0 spiro atoms. The van der Waals surface area contributed by atoms with E-state index in [1.807, 2.05) is 0 Å². The smallest absolute Gasteiger partial charge is 0.234 e. The fourth-order valence-electron chi connectivity index (χ4n) is 2.97. The number of aromatic nitrogens is 1. The average molecular weight is 423 g/mol. The fourth-order valence-corrected chi connectivity index (χ4v) is 3.73. The number of ether oxygens (including phenoxy) is 4. The molecule has 0 atom stereocenters. The molecular weight excluding hydrogens is 406 g/mol. The van der Waals surface area contributed by atoms with Gasteiger partial charge in [-0.3, -0.25) is 4.79 Å². The zero-order valence-electron chi connectivity index (χ0n) is 16.2. The van der Waals surface area contributed by atoms with Crippen LogP contribution in [0.2, 0.25) is 0 Å². The number of hydrogen-bond donors (Lipinski definition) is 1. The Kier molecular flexibility index (Phi) is 5.50. The van der Waals surface area contributed by atoms with Crippen molar-refractivity contribution in [3.63, 3.8) is 0 Å². The second-order valence-corrected chi connectivity index (χ2v) is 7.22. The minimum absolute atomic E-state index is 0.0676. The third kappa shape index (κ3) is 3.90. The summed E-state index contributed by atoms with van der Waals surface area (Å²) in [7, 11) is 3.07. The number of anilines is 1. The van der Waals surface area contributed by atoms with E-state index in [1.54, 1.807) is 43.5 Å². The Bertz CT molecular complexity index is 1180. The van der Waals surface area contributed by atoms with Crippen LogP contribution < -0.4 is 24.3 Å². The predicted molar refractivity (Wildman–Crippen MR) is 111 cm³/mol. The number of nitriles is 1. The molecule has 0 bridgehead atoms. The first-order valence-electron chi connectivity index (χ1n) is 8.90. The summed E-state index contributed by atoms with van der Waals surface area (Å²) in [6, 6.07) is 12.6. The number of nitrogens with zero attached hydrogens (tertiary/aromatic N) is 2. The standard InChI is InChI=1S/C21H17N3O5S/c1-26-14-3-4-17(27-2)16(7-14)23-20(25)10-30-21-13(9-22)5-12-6-18-19(29-11-28-18)8-15(12)24-21/h3-8H,10-11H2,1-2H3,(H,23,25). The molecule has 0 aliphatic carbocycles. The molecule has 152 valence electrons. The van der Waals surface area contributed by atoms with Gasteiger partial charge in [0.05, 0.1) is 36.7 Å². The maximum Gasteiger partial charge on any atom is 0.234 e. The number of fused-ring (bicyclic) bond motifs is 2. The summed E-state index contributed by atoms with van der Waals surface area (Å²) >= 11 is 1.18. The lowest BCUT2D eigenvalue weighted by Crippen LogP contribution is -2.15. The minimum atomic E-state index is -0.261. The van der Waals surface area contributed by atoms with Gasteiger partial charge in [0.2, 0.25) is 12.7 Å². The van der Waals surface area contributed by atoms with E-state index in [0.29, 0.717) is 44.8 Å². The van der Waals surface area contributed by atoms with Crippen LogP contribution in [0.25, 0.3) is 10.9 Å². The van der Waals surface area contributed by atoms with Crippen LogP contribution in [0.15, 0.2) is 41.4 Å². The van der Waals surface area contributed by atoms with Gasteiger partial charge in [-0.1, -0.05) is 11.8 Å². The van der Waals surface area contributed by atoms with Crippen LogP contribution in [0, 0.1) is 11.3 Å². The van der Waals surface area contributed by atoms with Crippen molar-refractivity contribution in [2.45, 2.75) is 5.03 Å². The molecular formula is C21H17N3O5S. The second-order valence-electron chi connectivity index (χ2n) is 6.25. The van der Waals surface area contributed by atoms with Crippen molar-refractivity contribution in [1.29, 1.82) is 5.26 Å². The zero-order valence-corrected chi connectivity index (χ0v) is 17.0. The van der Waals surface area contributed by atoms with Crippen molar-refractivity contribution in [1.82, 2.24) is 4.98 Å². The highest BCUT2D eigenvalue weighted by molar-refractivity contribution is 8.00. The van der Waals surface area contributed by atoms with Crippen LogP contribution in [0.3, 0.4) is 0 Å². The summed E-state index contributed by atoms with van der Waals surface area (Å²) in [5.74, 6) is 2.16. The molecule has 3 aromatic rings. The first-order chi connectivity index (χ1) is 14.6. The van der Waals surface area contributed by atoms with Crippen LogP contribution in [0.4, 0.5) is 5.69 Å². The highest BCUT2D eigenvalue weighted by Crippen LogP contribution is 2.37. The van der Waals surface area contributed by atoms with Gasteiger partial charge in [-0.05, 0) is 24.3 Å². The van der Waals surface area contributed by atoms with Crippen molar-refractivity contribution >= 4 is 34.3 Å². The fraction of sp³-hybridized carbons (Fsp3) is 0.190. The zero-order chi connectivity index (χ0) is 21.1. The van der Waals surface area contributed by atoms with Crippen LogP contribution in [0.5, 0.6) is 23.0 Å². The lowest BCUT2D eigenvalue weighted by molar-refractivity contribution is -0.113. The maximum atomic E-state index is 12.5. The van der Waals surface area contributed by atoms with E-state index >= 15 is 0 Å². The SMILES string of the molecule is COc1ccc(OC)c(NC(=O)CSc2nc3cc4c(cc3cc2C#N)OCO4)c1. The normalized spacial score (nSPS) is 11.8. The Balaban J connectivity index is 1.52. The summed E-state index contributed by atoms with van der Waals surface area (Å²) < 4.78 is 21.2. The van der Waals surface area contributed by atoms with Gasteiger partial charge in [0.1, 0.15) is 22.6 Å². The van der Waals surface area contributed by atoms with E-state index in [1.165, 1.54) is 18.9 Å². The first-order valence-corrected chi connectivity index (χ1v) is 9.89. The largest absolute Gasteiger partial charge is 0.497 e. The molecule has 1 aliphatic heterocycles. The van der Waals surface area contributed by atoms with E-state index in [2.05, 4.69) is 16.4 Å². The van der Waals surface area contributed by atoms with Crippen LogP contribution in [0.1, 0.15) is 5.56 Å². The third-order valence-corrected chi connectivity index (χ3v) is 5.41. The second kappa shape index (κ2) is 8.39. The van der Waals surface area contributed by atoms with Crippen molar-refractivity contribution < 1.29 is 23.7 Å². The number of methoxy groups -OCH3 is 2. The van der Waals surface area contributed by atoms with Gasteiger partial charge in [0.15, 0.2) is 11.5 Å². The monoisotopic (exact) mass is 423 g/mol. The highest BCUT2D eigenvalue weighted by atomic mass is 32.2. The Morgan fingerprint density at radius 3 is 2.73 bits per heavy atom. The topological polar surface area (TPSA) is 103 Å². The Morgan fingerprint density at radius 2 is 2.00 bits per heavy atom. The van der Waals surface area contributed by atoms with Crippen molar-refractivity contribution in [3.05, 3.63) is 42.0 Å². The van der Waals surface area contributed by atoms with Crippen molar-refractivity contribution in [3.8, 4) is 29.1 Å². The van der Waals surface area contributed by atoms with Gasteiger partial charge in [-0.25, -0.2) is 4.98 Å². The maximum absolute atomic E-state index is 12.5. The molecule has 1 aliphatic rings. The van der Waals surface area contributed by atoms with Gasteiger partial charge in [-0.2, -0.15) is 5.26 Å². The van der Waals surface area contributed by atoms with Crippen LogP contribution in [-0.4, -0.2) is 37.7 Å². The molecule has 0 fully saturated rings. The number of carbonyl (C=O) groups is 1. The lowest BCUT2D eigenvalue weighted by Gasteiger charge is -2.12. The summed E-state index contributed by atoms with van der Waals surface area (Å²) in [6.45, 7) is 0.159. The molecule has 0 unspecified atom stereocenters. The predicted octanol–water partition coefficient (Wildman–Crippen LogP) is 3.58. The van der Waals surface area contributed by atoms with Gasteiger partial charge in [0, 0.05) is 17.5 Å². The molecule has 0 saturated carbocycles. The molecule has 1 N–H and O–H groups in total. The summed E-state index contributed by atoms with van der Waals surface area (Å²) in [5.41, 5.74) is 1.55. The number of pyridine rings is 1. The molecule has 9 heteroatoms. The molecule has 4 rings (SSSR count). The number of thioether (sulfide) groups is 1. The molecule has 1 amide bonds. The van der Waals surface area contributed by atoms with Crippen molar-refractivity contribution in [2.75, 3.05) is 32.1 Å². The molecule has 2 heterocycles. The molecule has 2 aromatic carbocycles. The lowest BCUT2D eigenvalue weighted by atomic mass is 10.1. The summed E-state index contributed by atoms with van der Waals surface area (Å²) in [6.07, 6.45) is 0. The summed E-state index contributed by atoms with van der Waals surface area (Å²) in [4.78, 5) is 17.0. The number of benzene rings is 2. The number of nitrogens with one attached hydrogen (secondary N) is 1. The number of rotatable bonds is 6. The van der Waals surface area contributed by atoms with E-state index < -0.39 is 0 Å². The van der Waals surface area contributed by atoms with Gasteiger partial charge in [-0.15, -0.1) is 0 Å².